The third-order valence-corrected chi connectivity index (χ3v) is 5.51. The summed E-state index contributed by atoms with van der Waals surface area (Å²) in [5.41, 5.74) is 0.897. The molecule has 2 aromatic heterocycles. The van der Waals surface area contributed by atoms with E-state index in [4.69, 9.17) is 4.74 Å². The van der Waals surface area contributed by atoms with Gasteiger partial charge in [-0.25, -0.2) is 0 Å². The van der Waals surface area contributed by atoms with Crippen LogP contribution in [0.15, 0.2) is 29.4 Å². The van der Waals surface area contributed by atoms with E-state index in [1.54, 1.807) is 0 Å². The zero-order valence-corrected chi connectivity index (χ0v) is 17.2. The topological polar surface area (TPSA) is 75.8 Å². The molecule has 0 radical (unpaired) electrons. The number of fused-ring (bicyclic) bond motifs is 1. The third kappa shape index (κ3) is 5.67. The van der Waals surface area contributed by atoms with E-state index in [2.05, 4.69) is 32.7 Å². The van der Waals surface area contributed by atoms with E-state index in [0.717, 1.165) is 62.3 Å². The Labute approximate surface area is 168 Å². The van der Waals surface area contributed by atoms with Crippen molar-refractivity contribution in [3.05, 3.63) is 30.2 Å². The smallest absolute Gasteiger partial charge is 0.190 e. The number of hydrogen-bond acceptors (Lipinski definition) is 4. The second-order valence-corrected chi connectivity index (χ2v) is 7.40. The van der Waals surface area contributed by atoms with E-state index in [1.165, 1.54) is 25.7 Å². The van der Waals surface area contributed by atoms with Crippen molar-refractivity contribution in [1.82, 2.24) is 25.2 Å². The fraction of sp³-hybridized carbons (Fsp3) is 0.667. The van der Waals surface area contributed by atoms with Crippen molar-refractivity contribution < 1.29 is 4.74 Å². The van der Waals surface area contributed by atoms with E-state index in [0.29, 0.717) is 6.10 Å². The molecule has 7 nitrogen and oxygen atoms in total. The highest BCUT2D eigenvalue weighted by Crippen LogP contribution is 2.30. The molecule has 0 aliphatic heterocycles. The van der Waals surface area contributed by atoms with E-state index in [-0.39, 0.29) is 0 Å². The van der Waals surface area contributed by atoms with Crippen molar-refractivity contribution in [1.29, 1.82) is 0 Å². The normalized spacial score (nSPS) is 16.6. The summed E-state index contributed by atoms with van der Waals surface area (Å²) in [4.78, 5) is 4.33. The highest BCUT2D eigenvalue weighted by molar-refractivity contribution is 5.79. The van der Waals surface area contributed by atoms with Crippen LogP contribution in [0.2, 0.25) is 0 Å². The molecular formula is C21H34N6O. The SMILES string of the molecule is CCOC(CCNC(=NC)NCCCc1nnc2ccccn12)C1CCCC1. The first-order valence-corrected chi connectivity index (χ1v) is 10.7. The average molecular weight is 387 g/mol. The summed E-state index contributed by atoms with van der Waals surface area (Å²) in [5, 5.41) is 15.3. The lowest BCUT2D eigenvalue weighted by Gasteiger charge is -2.24. The monoisotopic (exact) mass is 386 g/mol. The van der Waals surface area contributed by atoms with Crippen LogP contribution in [0, 0.1) is 5.92 Å². The Morgan fingerprint density at radius 1 is 1.25 bits per heavy atom. The number of rotatable bonds is 10. The number of ether oxygens (including phenoxy) is 1. The van der Waals surface area contributed by atoms with Crippen molar-refractivity contribution in [2.45, 2.75) is 58.0 Å². The van der Waals surface area contributed by atoms with Gasteiger partial charge in [-0.3, -0.25) is 9.39 Å². The number of aryl methyl sites for hydroxylation is 1. The number of nitrogens with one attached hydrogen (secondary N) is 2. The summed E-state index contributed by atoms with van der Waals surface area (Å²) in [6, 6.07) is 5.96. The minimum atomic E-state index is 0.374. The van der Waals surface area contributed by atoms with Crippen LogP contribution >= 0.6 is 0 Å². The van der Waals surface area contributed by atoms with E-state index >= 15 is 0 Å². The van der Waals surface area contributed by atoms with Crippen molar-refractivity contribution in [3.8, 4) is 0 Å². The summed E-state index contributed by atoms with van der Waals surface area (Å²) >= 11 is 0. The molecule has 0 amide bonds. The lowest BCUT2D eigenvalue weighted by atomic mass is 9.98. The number of nitrogens with zero attached hydrogens (tertiary/aromatic N) is 4. The Kier molecular flexibility index (Phi) is 8.08. The zero-order chi connectivity index (χ0) is 19.6. The van der Waals surface area contributed by atoms with Gasteiger partial charge in [-0.15, -0.1) is 10.2 Å². The minimum Gasteiger partial charge on any atom is -0.378 e. The van der Waals surface area contributed by atoms with Crippen molar-refractivity contribution in [2.75, 3.05) is 26.7 Å². The average Bonchev–Trinajstić information content (AvgIpc) is 3.39. The van der Waals surface area contributed by atoms with E-state index in [9.17, 15) is 0 Å². The standard InChI is InChI=1S/C21H34N6O/c1-3-28-18(17-9-4-5-10-17)13-15-24-21(22-2)23-14-8-12-20-26-25-19-11-6-7-16-27(19)20/h6-7,11,16-18H,3-5,8-10,12-15H2,1-2H3,(H2,22,23,24). The van der Waals surface area contributed by atoms with Crippen LogP contribution in [0.1, 0.15) is 51.3 Å². The predicted octanol–water partition coefficient (Wildman–Crippen LogP) is 2.81. The molecule has 1 atom stereocenters. The van der Waals surface area contributed by atoms with Crippen LogP contribution < -0.4 is 10.6 Å². The second-order valence-electron chi connectivity index (χ2n) is 7.40. The van der Waals surface area contributed by atoms with Crippen LogP contribution in [0.5, 0.6) is 0 Å². The van der Waals surface area contributed by atoms with Gasteiger partial charge in [0.05, 0.1) is 6.10 Å². The molecule has 0 aromatic carbocycles. The molecule has 1 aliphatic rings. The van der Waals surface area contributed by atoms with E-state index in [1.807, 2.05) is 35.8 Å². The number of guanidine groups is 1. The molecule has 154 valence electrons. The van der Waals surface area contributed by atoms with E-state index < -0.39 is 0 Å². The van der Waals surface area contributed by atoms with Gasteiger partial charge in [-0.05, 0) is 50.7 Å². The first-order valence-electron chi connectivity index (χ1n) is 10.7. The summed E-state index contributed by atoms with van der Waals surface area (Å²) < 4.78 is 8.05. The summed E-state index contributed by atoms with van der Waals surface area (Å²) in [5.74, 6) is 2.58. The van der Waals surface area contributed by atoms with Crippen molar-refractivity contribution in [3.63, 3.8) is 0 Å². The number of pyridine rings is 1. The number of hydrogen-bond donors (Lipinski definition) is 2. The second kappa shape index (κ2) is 11.0. The van der Waals surface area contributed by atoms with Gasteiger partial charge in [0.1, 0.15) is 5.82 Å². The zero-order valence-electron chi connectivity index (χ0n) is 17.2. The van der Waals surface area contributed by atoms with Gasteiger partial charge in [0.2, 0.25) is 0 Å². The number of aromatic nitrogens is 3. The molecule has 7 heteroatoms. The molecule has 3 rings (SSSR count). The fourth-order valence-electron chi connectivity index (χ4n) is 4.07. The van der Waals surface area contributed by atoms with Gasteiger partial charge >= 0.3 is 0 Å². The van der Waals surface area contributed by atoms with Gasteiger partial charge in [0.25, 0.3) is 0 Å². The fourth-order valence-corrected chi connectivity index (χ4v) is 4.07. The maximum absolute atomic E-state index is 6.00. The Morgan fingerprint density at radius 3 is 2.86 bits per heavy atom. The van der Waals surface area contributed by atoms with Gasteiger partial charge in [0.15, 0.2) is 11.6 Å². The lowest BCUT2D eigenvalue weighted by Crippen LogP contribution is -2.40. The molecule has 0 saturated heterocycles. The Balaban J connectivity index is 1.36. The van der Waals surface area contributed by atoms with Gasteiger partial charge in [-0.1, -0.05) is 18.9 Å². The maximum Gasteiger partial charge on any atom is 0.190 e. The van der Waals surface area contributed by atoms with Gasteiger partial charge < -0.3 is 15.4 Å². The summed E-state index contributed by atoms with van der Waals surface area (Å²) in [6.45, 7) is 4.62. The molecule has 2 heterocycles. The van der Waals surface area contributed by atoms with Gasteiger partial charge in [-0.2, -0.15) is 0 Å². The first-order chi connectivity index (χ1) is 13.8. The molecule has 0 spiro atoms. The summed E-state index contributed by atoms with van der Waals surface area (Å²) in [7, 11) is 1.82. The van der Waals surface area contributed by atoms with Crippen LogP contribution in [-0.2, 0) is 11.2 Å². The summed E-state index contributed by atoms with van der Waals surface area (Å²) in [6.07, 6.45) is 10.6. The predicted molar refractivity (Wildman–Crippen MR) is 113 cm³/mol. The quantitative estimate of drug-likeness (QED) is 0.373. The van der Waals surface area contributed by atoms with Crippen LogP contribution in [0.3, 0.4) is 0 Å². The maximum atomic E-state index is 6.00. The Hall–Kier alpha value is -2.15. The first kappa shape index (κ1) is 20.6. The lowest BCUT2D eigenvalue weighted by molar-refractivity contribution is 0.0169. The molecule has 2 N–H and O–H groups in total. The Morgan fingerprint density at radius 2 is 2.07 bits per heavy atom. The molecule has 1 saturated carbocycles. The van der Waals surface area contributed by atoms with Crippen LogP contribution in [-0.4, -0.2) is 53.4 Å². The van der Waals surface area contributed by atoms with Crippen molar-refractivity contribution in [2.24, 2.45) is 10.9 Å². The molecular weight excluding hydrogens is 352 g/mol. The van der Waals surface area contributed by atoms with Crippen molar-refractivity contribution >= 4 is 11.6 Å². The van der Waals surface area contributed by atoms with Crippen LogP contribution in [0.25, 0.3) is 5.65 Å². The molecule has 0 bridgehead atoms. The molecule has 1 aliphatic carbocycles. The molecule has 1 unspecified atom stereocenters. The minimum absolute atomic E-state index is 0.374. The highest BCUT2D eigenvalue weighted by Gasteiger charge is 2.25. The third-order valence-electron chi connectivity index (χ3n) is 5.51. The molecule has 1 fully saturated rings. The van der Waals surface area contributed by atoms with Crippen LogP contribution in [0.4, 0.5) is 0 Å². The highest BCUT2D eigenvalue weighted by atomic mass is 16.5. The molecule has 28 heavy (non-hydrogen) atoms. The van der Waals surface area contributed by atoms with Gasteiger partial charge in [0, 0.05) is 39.4 Å². The Bertz CT molecular complexity index is 737. The number of aliphatic imine (C=N–C) groups is 1. The largest absolute Gasteiger partial charge is 0.378 e. The molecule has 2 aromatic rings.